The number of benzene rings is 1. The van der Waals surface area contributed by atoms with E-state index in [-0.39, 0.29) is 0 Å². The zero-order valence-corrected chi connectivity index (χ0v) is 13.4. The van der Waals surface area contributed by atoms with Gasteiger partial charge in [0.15, 0.2) is 5.84 Å². The highest BCUT2D eigenvalue weighted by Gasteiger charge is 2.24. The molecule has 2 N–H and O–H groups in total. The highest BCUT2D eigenvalue weighted by molar-refractivity contribution is 6.33. The first-order valence-corrected chi connectivity index (χ1v) is 7.64. The van der Waals surface area contributed by atoms with Gasteiger partial charge < -0.3 is 0 Å². The van der Waals surface area contributed by atoms with Gasteiger partial charge in [-0.1, -0.05) is 55.8 Å². The van der Waals surface area contributed by atoms with E-state index in [1.807, 2.05) is 27.9 Å². The van der Waals surface area contributed by atoms with Gasteiger partial charge in [0.05, 0.1) is 18.3 Å². The Morgan fingerprint density at radius 2 is 2.00 bits per heavy atom. The summed E-state index contributed by atoms with van der Waals surface area (Å²) >= 11 is 6.45. The summed E-state index contributed by atoms with van der Waals surface area (Å²) in [4.78, 5) is 0. The van der Waals surface area contributed by atoms with Crippen LogP contribution in [0.15, 0.2) is 41.6 Å². The minimum atomic E-state index is 0.479. The maximum atomic E-state index is 6.45. The number of aromatic nitrogens is 2. The van der Waals surface area contributed by atoms with Gasteiger partial charge in [0.1, 0.15) is 5.15 Å². The number of hydrazone groups is 1. The smallest absolute Gasteiger partial charge is 0.178 e. The molecule has 0 spiro atoms. The number of amidine groups is 1. The van der Waals surface area contributed by atoms with Crippen LogP contribution in [0.2, 0.25) is 5.15 Å². The van der Waals surface area contributed by atoms with Crippen molar-refractivity contribution < 1.29 is 0 Å². The van der Waals surface area contributed by atoms with Crippen LogP contribution < -0.4 is 11.1 Å². The third-order valence-electron chi connectivity index (χ3n) is 3.34. The van der Waals surface area contributed by atoms with Gasteiger partial charge in [-0.2, -0.15) is 5.10 Å². The van der Waals surface area contributed by atoms with Gasteiger partial charge in [-0.3, -0.25) is 9.69 Å². The first-order valence-electron chi connectivity index (χ1n) is 7.26. The Morgan fingerprint density at radius 3 is 2.73 bits per heavy atom. The van der Waals surface area contributed by atoms with E-state index in [0.29, 0.717) is 17.6 Å². The second kappa shape index (κ2) is 6.37. The lowest BCUT2D eigenvalue weighted by atomic mass is 10.2. The molecule has 1 aliphatic heterocycles. The summed E-state index contributed by atoms with van der Waals surface area (Å²) in [5.74, 6) is 1.22. The summed E-state index contributed by atoms with van der Waals surface area (Å²) in [5.41, 5.74) is 7.79. The van der Waals surface area contributed by atoms with Crippen LogP contribution in [0.1, 0.15) is 25.0 Å². The lowest BCUT2D eigenvalue weighted by Crippen LogP contribution is -2.40. The van der Waals surface area contributed by atoms with Gasteiger partial charge in [0.25, 0.3) is 0 Å². The molecule has 0 saturated heterocycles. The fourth-order valence-corrected chi connectivity index (χ4v) is 2.58. The number of hydrogen-bond acceptors (Lipinski definition) is 5. The summed E-state index contributed by atoms with van der Waals surface area (Å²) in [6.07, 6.45) is 1.76. The highest BCUT2D eigenvalue weighted by Crippen LogP contribution is 2.20. The number of halogens is 1. The molecule has 2 aromatic rings. The lowest BCUT2D eigenvalue weighted by molar-refractivity contribution is 0.288. The van der Waals surface area contributed by atoms with E-state index in [2.05, 4.69) is 47.2 Å². The molecule has 1 aromatic carbocycles. The van der Waals surface area contributed by atoms with E-state index < -0.39 is 0 Å². The Morgan fingerprint density at radius 1 is 1.23 bits per heavy atom. The Labute approximate surface area is 134 Å². The van der Waals surface area contributed by atoms with E-state index in [4.69, 9.17) is 11.6 Å². The molecule has 0 bridgehead atoms. The van der Waals surface area contributed by atoms with Crippen molar-refractivity contribution in [1.82, 2.24) is 25.9 Å². The van der Waals surface area contributed by atoms with Crippen molar-refractivity contribution in [3.8, 4) is 0 Å². The van der Waals surface area contributed by atoms with Crippen molar-refractivity contribution in [2.75, 3.05) is 0 Å². The minimum absolute atomic E-state index is 0.479. The van der Waals surface area contributed by atoms with E-state index in [1.54, 1.807) is 6.20 Å². The Bertz CT molecular complexity index is 664. The summed E-state index contributed by atoms with van der Waals surface area (Å²) in [5, 5.41) is 11.2. The number of nitrogens with one attached hydrogen (secondary N) is 2. The first kappa shape index (κ1) is 14.9. The van der Waals surface area contributed by atoms with Crippen LogP contribution in [-0.2, 0) is 13.1 Å². The first-order chi connectivity index (χ1) is 10.6. The Hall–Kier alpha value is -2.05. The van der Waals surface area contributed by atoms with Crippen molar-refractivity contribution in [2.24, 2.45) is 11.0 Å². The van der Waals surface area contributed by atoms with E-state index >= 15 is 0 Å². The molecule has 1 aromatic heterocycles. The lowest BCUT2D eigenvalue weighted by Gasteiger charge is -2.18. The topological polar surface area (TPSA) is 57.5 Å². The molecule has 2 heterocycles. The summed E-state index contributed by atoms with van der Waals surface area (Å²) in [6.45, 7) is 5.73. The van der Waals surface area contributed by atoms with E-state index in [9.17, 15) is 0 Å². The highest BCUT2D eigenvalue weighted by atomic mass is 35.5. The molecule has 6 nitrogen and oxygen atoms in total. The van der Waals surface area contributed by atoms with Gasteiger partial charge >= 0.3 is 0 Å². The fraction of sp³-hybridized carbons (Fsp3) is 0.333. The van der Waals surface area contributed by atoms with Crippen LogP contribution in [0.5, 0.6) is 0 Å². The molecule has 3 rings (SSSR count). The van der Waals surface area contributed by atoms with Crippen molar-refractivity contribution in [3.63, 3.8) is 0 Å². The number of nitrogens with zero attached hydrogens (tertiary/aromatic N) is 4. The Balaban J connectivity index is 1.80. The number of rotatable bonds is 5. The maximum Gasteiger partial charge on any atom is 0.178 e. The monoisotopic (exact) mass is 318 g/mol. The third kappa shape index (κ3) is 3.08. The molecule has 7 heteroatoms. The fourth-order valence-electron chi connectivity index (χ4n) is 2.33. The molecule has 0 amide bonds. The van der Waals surface area contributed by atoms with Crippen LogP contribution in [0, 0.1) is 5.92 Å². The molecule has 0 atom stereocenters. The summed E-state index contributed by atoms with van der Waals surface area (Å²) in [6, 6.07) is 10.2. The van der Waals surface area contributed by atoms with Crippen LogP contribution in [-0.4, -0.2) is 20.6 Å². The normalized spacial score (nSPS) is 14.4. The maximum absolute atomic E-state index is 6.45. The van der Waals surface area contributed by atoms with Crippen LogP contribution in [0.4, 0.5) is 0 Å². The molecular weight excluding hydrogens is 300 g/mol. The van der Waals surface area contributed by atoms with Gasteiger partial charge in [-0.25, -0.2) is 5.53 Å². The van der Waals surface area contributed by atoms with Crippen molar-refractivity contribution in [2.45, 2.75) is 26.9 Å². The van der Waals surface area contributed by atoms with Gasteiger partial charge in [-0.15, -0.1) is 10.6 Å². The molecule has 22 heavy (non-hydrogen) atoms. The second-order valence-corrected chi connectivity index (χ2v) is 6.01. The number of hydrogen-bond donors (Lipinski definition) is 2. The van der Waals surface area contributed by atoms with E-state index in [1.165, 1.54) is 5.56 Å². The quantitative estimate of drug-likeness (QED) is 0.888. The Kier molecular flexibility index (Phi) is 4.31. The molecule has 1 aliphatic rings. The molecule has 0 saturated carbocycles. The largest absolute Gasteiger partial charge is 0.266 e. The average Bonchev–Trinajstić information content (AvgIpc) is 3.07. The number of hydrazine groups is 2. The van der Waals surface area contributed by atoms with Crippen LogP contribution >= 0.6 is 11.6 Å². The second-order valence-electron chi connectivity index (χ2n) is 5.66. The molecule has 0 radical (unpaired) electrons. The molecular formula is C15H19ClN6. The van der Waals surface area contributed by atoms with Gasteiger partial charge in [-0.05, 0) is 11.5 Å². The molecule has 0 unspecified atom stereocenters. The van der Waals surface area contributed by atoms with Gasteiger partial charge in [0.2, 0.25) is 0 Å². The molecule has 0 aliphatic carbocycles. The van der Waals surface area contributed by atoms with Crippen molar-refractivity contribution in [1.29, 1.82) is 0 Å². The predicted molar refractivity (Wildman–Crippen MR) is 86.9 cm³/mol. The van der Waals surface area contributed by atoms with Crippen molar-refractivity contribution >= 4 is 17.4 Å². The predicted octanol–water partition coefficient (Wildman–Crippen LogP) is 2.38. The summed E-state index contributed by atoms with van der Waals surface area (Å²) in [7, 11) is 0. The standard InChI is InChI=1S/C15H19ClN6/c1-11(2)9-21-14(16)13(8-17-21)15-18-19-20-22(15)10-12-6-4-3-5-7-12/h3-8,11,19-20H,9-10H2,1-2H3. The minimum Gasteiger partial charge on any atom is -0.266 e. The SMILES string of the molecule is CC(C)Cn1ncc(C2=NNNN2Cc2ccccc2)c1Cl. The third-order valence-corrected chi connectivity index (χ3v) is 3.74. The average molecular weight is 319 g/mol. The summed E-state index contributed by atoms with van der Waals surface area (Å²) < 4.78 is 1.81. The van der Waals surface area contributed by atoms with Crippen LogP contribution in [0.25, 0.3) is 0 Å². The molecule has 116 valence electrons. The molecule has 0 fully saturated rings. The van der Waals surface area contributed by atoms with E-state index in [0.717, 1.165) is 17.9 Å². The zero-order chi connectivity index (χ0) is 15.5. The van der Waals surface area contributed by atoms with Gasteiger partial charge in [0, 0.05) is 6.54 Å². The zero-order valence-electron chi connectivity index (χ0n) is 12.6. The van der Waals surface area contributed by atoms with Crippen LogP contribution in [0.3, 0.4) is 0 Å². The van der Waals surface area contributed by atoms with Crippen molar-refractivity contribution in [3.05, 3.63) is 52.8 Å².